The molecular weight excluding hydrogens is 427 g/mol. The Bertz CT molecular complexity index is 1030. The van der Waals surface area contributed by atoms with Crippen LogP contribution >= 0.6 is 11.6 Å². The average molecular weight is 448 g/mol. The summed E-state index contributed by atoms with van der Waals surface area (Å²) >= 11 is 6.11. The Labute approximate surface area is 183 Å². The molecule has 1 aromatic heterocycles. The van der Waals surface area contributed by atoms with E-state index in [0.717, 1.165) is 48.3 Å². The van der Waals surface area contributed by atoms with Crippen LogP contribution in [0.1, 0.15) is 12.8 Å². The molecule has 1 aliphatic rings. The molecule has 8 heteroatoms. The lowest BCUT2D eigenvalue weighted by Crippen LogP contribution is -2.40. The zero-order valence-corrected chi connectivity index (χ0v) is 17.3. The minimum absolute atomic E-state index is 0.0743. The Kier molecular flexibility index (Phi) is 6.34. The number of hydrogen-bond acceptors (Lipinski definition) is 4. The molecular formula is C23H21ClF3N3O. The van der Waals surface area contributed by atoms with Crippen molar-refractivity contribution in [1.29, 1.82) is 0 Å². The van der Waals surface area contributed by atoms with Crippen LogP contribution in [0.15, 0.2) is 54.9 Å². The highest BCUT2D eigenvalue weighted by molar-refractivity contribution is 6.30. The number of ether oxygens (including phenoxy) is 1. The molecule has 0 unspecified atom stereocenters. The number of anilines is 1. The van der Waals surface area contributed by atoms with Crippen molar-refractivity contribution in [2.24, 2.45) is 5.73 Å². The van der Waals surface area contributed by atoms with Crippen molar-refractivity contribution >= 4 is 17.3 Å². The monoisotopic (exact) mass is 447 g/mol. The number of halogens is 4. The fourth-order valence-electron chi connectivity index (χ4n) is 3.87. The van der Waals surface area contributed by atoms with E-state index in [1.54, 1.807) is 30.6 Å². The van der Waals surface area contributed by atoms with Crippen molar-refractivity contribution in [3.8, 4) is 28.0 Å². The summed E-state index contributed by atoms with van der Waals surface area (Å²) in [5.74, 6) is -0.363. The van der Waals surface area contributed by atoms with E-state index in [9.17, 15) is 13.2 Å². The minimum Gasteiger partial charge on any atom is -0.435 e. The van der Waals surface area contributed by atoms with Crippen molar-refractivity contribution in [2.75, 3.05) is 18.0 Å². The summed E-state index contributed by atoms with van der Waals surface area (Å²) in [6.07, 6.45) is 5.06. The molecule has 0 spiro atoms. The van der Waals surface area contributed by atoms with Crippen molar-refractivity contribution in [3.63, 3.8) is 0 Å². The van der Waals surface area contributed by atoms with Crippen molar-refractivity contribution in [2.45, 2.75) is 25.5 Å². The molecule has 4 rings (SSSR count). The van der Waals surface area contributed by atoms with E-state index >= 15 is 0 Å². The molecule has 31 heavy (non-hydrogen) atoms. The number of hydrogen-bond donors (Lipinski definition) is 1. The summed E-state index contributed by atoms with van der Waals surface area (Å²) in [5.41, 5.74) is 9.90. The molecule has 0 atom stereocenters. The van der Waals surface area contributed by atoms with Gasteiger partial charge >= 0.3 is 6.61 Å². The SMILES string of the molecule is NC1CCN(c2c(-c3ccc(OC(F)F)cc3)cncc2-c2cc(F)cc(Cl)c2)CC1. The maximum Gasteiger partial charge on any atom is 0.387 e. The molecule has 2 heterocycles. The number of nitrogens with zero attached hydrogens (tertiary/aromatic N) is 2. The van der Waals surface area contributed by atoms with Gasteiger partial charge in [0.1, 0.15) is 11.6 Å². The van der Waals surface area contributed by atoms with Gasteiger partial charge < -0.3 is 15.4 Å². The van der Waals surface area contributed by atoms with Crippen molar-refractivity contribution in [1.82, 2.24) is 4.98 Å². The van der Waals surface area contributed by atoms with Crippen LogP contribution in [0.3, 0.4) is 0 Å². The Morgan fingerprint density at radius 1 is 1.00 bits per heavy atom. The van der Waals surface area contributed by atoms with Gasteiger partial charge in [0.15, 0.2) is 0 Å². The lowest BCUT2D eigenvalue weighted by molar-refractivity contribution is -0.0498. The van der Waals surface area contributed by atoms with Gasteiger partial charge in [-0.1, -0.05) is 23.7 Å². The van der Waals surface area contributed by atoms with Gasteiger partial charge in [0.05, 0.1) is 5.69 Å². The van der Waals surface area contributed by atoms with Crippen LogP contribution < -0.4 is 15.4 Å². The highest BCUT2D eigenvalue weighted by Gasteiger charge is 2.23. The summed E-state index contributed by atoms with van der Waals surface area (Å²) in [4.78, 5) is 6.58. The van der Waals surface area contributed by atoms with E-state index in [-0.39, 0.29) is 11.8 Å². The van der Waals surface area contributed by atoms with Gasteiger partial charge in [0, 0.05) is 47.7 Å². The number of rotatable bonds is 5. The number of nitrogens with two attached hydrogens (primary N) is 1. The molecule has 162 valence electrons. The van der Waals surface area contributed by atoms with Crippen LogP contribution in [0.2, 0.25) is 5.02 Å². The predicted molar refractivity (Wildman–Crippen MR) is 116 cm³/mol. The summed E-state index contributed by atoms with van der Waals surface area (Å²) in [5, 5.41) is 0.292. The van der Waals surface area contributed by atoms with Crippen LogP contribution in [0.4, 0.5) is 18.9 Å². The zero-order valence-electron chi connectivity index (χ0n) is 16.6. The number of piperidine rings is 1. The molecule has 1 saturated heterocycles. The highest BCUT2D eigenvalue weighted by Crippen LogP contribution is 2.41. The second-order valence-corrected chi connectivity index (χ2v) is 7.91. The summed E-state index contributed by atoms with van der Waals surface area (Å²) in [7, 11) is 0. The summed E-state index contributed by atoms with van der Waals surface area (Å²) in [6.45, 7) is -1.41. The van der Waals surface area contributed by atoms with Gasteiger partial charge in [-0.05, 0) is 54.3 Å². The fraction of sp³-hybridized carbons (Fsp3) is 0.261. The Morgan fingerprint density at radius 3 is 2.26 bits per heavy atom. The molecule has 1 fully saturated rings. The molecule has 1 aliphatic heterocycles. The maximum atomic E-state index is 14.1. The van der Waals surface area contributed by atoms with Gasteiger partial charge in [-0.15, -0.1) is 0 Å². The van der Waals surface area contributed by atoms with Crippen LogP contribution in [0, 0.1) is 5.82 Å². The van der Waals surface area contributed by atoms with Gasteiger partial charge in [-0.25, -0.2) is 4.39 Å². The Hall–Kier alpha value is -2.77. The summed E-state index contributed by atoms with van der Waals surface area (Å²) in [6, 6.07) is 10.9. The first-order valence-corrected chi connectivity index (χ1v) is 10.3. The predicted octanol–water partition coefficient (Wildman–Crippen LogP) is 5.74. The lowest BCUT2D eigenvalue weighted by Gasteiger charge is -2.35. The van der Waals surface area contributed by atoms with Gasteiger partial charge in [0.2, 0.25) is 0 Å². The Balaban J connectivity index is 1.83. The zero-order chi connectivity index (χ0) is 22.0. The molecule has 2 N–H and O–H groups in total. The van der Waals surface area contributed by atoms with E-state index in [1.165, 1.54) is 24.3 Å². The van der Waals surface area contributed by atoms with E-state index in [4.69, 9.17) is 17.3 Å². The van der Waals surface area contributed by atoms with E-state index in [1.807, 2.05) is 0 Å². The summed E-state index contributed by atoms with van der Waals surface area (Å²) < 4.78 is 43.5. The number of aromatic nitrogens is 1. The minimum atomic E-state index is -2.89. The van der Waals surface area contributed by atoms with Crippen LogP contribution in [-0.4, -0.2) is 30.7 Å². The first-order chi connectivity index (χ1) is 14.9. The van der Waals surface area contributed by atoms with E-state index in [2.05, 4.69) is 14.6 Å². The van der Waals surface area contributed by atoms with Crippen LogP contribution in [0.25, 0.3) is 22.3 Å². The molecule has 0 amide bonds. The second-order valence-electron chi connectivity index (χ2n) is 7.47. The third kappa shape index (κ3) is 4.94. The number of benzene rings is 2. The highest BCUT2D eigenvalue weighted by atomic mass is 35.5. The van der Waals surface area contributed by atoms with Gasteiger partial charge in [-0.2, -0.15) is 8.78 Å². The first kappa shape index (κ1) is 21.5. The first-order valence-electron chi connectivity index (χ1n) is 9.91. The van der Waals surface area contributed by atoms with E-state index in [0.29, 0.717) is 10.6 Å². The number of alkyl halides is 2. The topological polar surface area (TPSA) is 51.4 Å². The van der Waals surface area contributed by atoms with Gasteiger partial charge in [-0.3, -0.25) is 4.98 Å². The lowest BCUT2D eigenvalue weighted by atomic mass is 9.95. The molecule has 0 radical (unpaired) electrons. The van der Waals surface area contributed by atoms with E-state index < -0.39 is 12.4 Å². The van der Waals surface area contributed by atoms with Crippen molar-refractivity contribution in [3.05, 3.63) is 65.7 Å². The molecule has 2 aromatic carbocycles. The van der Waals surface area contributed by atoms with Crippen molar-refractivity contribution < 1.29 is 17.9 Å². The largest absolute Gasteiger partial charge is 0.435 e. The third-order valence-electron chi connectivity index (χ3n) is 5.34. The maximum absolute atomic E-state index is 14.1. The smallest absolute Gasteiger partial charge is 0.387 e. The Morgan fingerprint density at radius 2 is 1.65 bits per heavy atom. The average Bonchev–Trinajstić information content (AvgIpc) is 2.73. The normalized spacial score (nSPS) is 14.8. The van der Waals surface area contributed by atoms with Crippen LogP contribution in [0.5, 0.6) is 5.75 Å². The van der Waals surface area contributed by atoms with Gasteiger partial charge in [0.25, 0.3) is 0 Å². The third-order valence-corrected chi connectivity index (χ3v) is 5.56. The quantitative estimate of drug-likeness (QED) is 0.542. The standard InChI is InChI=1S/C23H21ClF3N3O/c24-16-9-15(10-17(25)11-16)21-13-29-12-20(22(21)30-7-5-18(28)6-8-30)14-1-3-19(4-2-14)31-23(26)27/h1-4,9-13,18,23H,5-8,28H2. The second kappa shape index (κ2) is 9.16. The molecule has 3 aromatic rings. The molecule has 4 nitrogen and oxygen atoms in total. The fourth-order valence-corrected chi connectivity index (χ4v) is 4.09. The molecule has 0 aliphatic carbocycles. The van der Waals surface area contributed by atoms with Crippen LogP contribution in [-0.2, 0) is 0 Å². The molecule has 0 bridgehead atoms. The number of pyridine rings is 1. The molecule has 0 saturated carbocycles.